The van der Waals surface area contributed by atoms with E-state index in [0.29, 0.717) is 12.4 Å². The maximum atomic E-state index is 12.2. The fraction of sp³-hybridized carbons (Fsp3) is 0.824. The standard InChI is InChI=1S/C17H30N4O3/c1-12(2)15-18-14(24-19-15)11-21-9-7-8-13(10-21)20(6)16(22)23-17(3,4)5/h12-13H,7-11H2,1-6H3/t13-/m0/s1. The number of piperidine rings is 1. The molecule has 1 aliphatic heterocycles. The zero-order chi connectivity index (χ0) is 17.9. The monoisotopic (exact) mass is 338 g/mol. The van der Waals surface area contributed by atoms with Gasteiger partial charge < -0.3 is 14.2 Å². The fourth-order valence-electron chi connectivity index (χ4n) is 2.73. The molecule has 7 heteroatoms. The summed E-state index contributed by atoms with van der Waals surface area (Å²) in [4.78, 5) is 20.6. The van der Waals surface area contributed by atoms with Crippen molar-refractivity contribution in [3.05, 3.63) is 11.7 Å². The van der Waals surface area contributed by atoms with E-state index in [0.717, 1.165) is 31.8 Å². The van der Waals surface area contributed by atoms with Gasteiger partial charge in [-0.3, -0.25) is 4.90 Å². The third-order valence-corrected chi connectivity index (χ3v) is 4.07. The van der Waals surface area contributed by atoms with Crippen molar-refractivity contribution in [2.75, 3.05) is 20.1 Å². The number of carbonyl (C=O) groups is 1. The molecule has 1 amide bonds. The van der Waals surface area contributed by atoms with Crippen molar-refractivity contribution in [1.29, 1.82) is 0 Å². The minimum absolute atomic E-state index is 0.140. The zero-order valence-electron chi connectivity index (χ0n) is 15.7. The van der Waals surface area contributed by atoms with Gasteiger partial charge in [-0.15, -0.1) is 0 Å². The normalized spacial score (nSPS) is 19.5. The molecule has 1 fully saturated rings. The second-order valence-electron chi connectivity index (χ2n) is 7.82. The topological polar surface area (TPSA) is 71.7 Å². The van der Waals surface area contributed by atoms with Gasteiger partial charge in [0.1, 0.15) is 5.60 Å². The average molecular weight is 338 g/mol. The van der Waals surface area contributed by atoms with E-state index in [1.165, 1.54) is 0 Å². The summed E-state index contributed by atoms with van der Waals surface area (Å²) in [6.45, 7) is 12.1. The van der Waals surface area contributed by atoms with Crippen LogP contribution in [0.25, 0.3) is 0 Å². The Morgan fingerprint density at radius 1 is 1.46 bits per heavy atom. The molecule has 0 aliphatic carbocycles. The summed E-state index contributed by atoms with van der Waals surface area (Å²) < 4.78 is 10.8. The Bertz CT molecular complexity index is 550. The van der Waals surface area contributed by atoms with Crippen LogP contribution in [0.3, 0.4) is 0 Å². The van der Waals surface area contributed by atoms with E-state index in [-0.39, 0.29) is 18.1 Å². The number of nitrogens with zero attached hydrogens (tertiary/aromatic N) is 4. The van der Waals surface area contributed by atoms with Gasteiger partial charge >= 0.3 is 6.09 Å². The summed E-state index contributed by atoms with van der Waals surface area (Å²) in [5.41, 5.74) is -0.475. The first-order valence-electron chi connectivity index (χ1n) is 8.66. The Morgan fingerprint density at radius 2 is 2.17 bits per heavy atom. The average Bonchev–Trinajstić information content (AvgIpc) is 2.93. The molecule has 136 valence electrons. The van der Waals surface area contributed by atoms with Crippen LogP contribution in [0.1, 0.15) is 65.1 Å². The molecule has 1 saturated heterocycles. The van der Waals surface area contributed by atoms with Crippen molar-refractivity contribution in [3.8, 4) is 0 Å². The minimum atomic E-state index is -0.475. The number of likely N-dealkylation sites (N-methyl/N-ethyl adjacent to an activating group) is 1. The number of ether oxygens (including phenoxy) is 1. The number of hydrogen-bond acceptors (Lipinski definition) is 6. The largest absolute Gasteiger partial charge is 0.444 e. The van der Waals surface area contributed by atoms with Crippen LogP contribution in [0.5, 0.6) is 0 Å². The smallest absolute Gasteiger partial charge is 0.410 e. The molecule has 1 aromatic heterocycles. The lowest BCUT2D eigenvalue weighted by molar-refractivity contribution is 0.0124. The number of likely N-dealkylation sites (tertiary alicyclic amines) is 1. The molecular weight excluding hydrogens is 308 g/mol. The molecule has 2 rings (SSSR count). The van der Waals surface area contributed by atoms with Crippen LogP contribution in [-0.2, 0) is 11.3 Å². The minimum Gasteiger partial charge on any atom is -0.444 e. The molecule has 0 N–H and O–H groups in total. The van der Waals surface area contributed by atoms with E-state index in [2.05, 4.69) is 15.0 Å². The summed E-state index contributed by atoms with van der Waals surface area (Å²) in [6, 6.07) is 0.140. The quantitative estimate of drug-likeness (QED) is 0.840. The summed E-state index contributed by atoms with van der Waals surface area (Å²) in [5, 5.41) is 4.01. The number of aromatic nitrogens is 2. The Balaban J connectivity index is 1.92. The van der Waals surface area contributed by atoms with Crippen LogP contribution < -0.4 is 0 Å². The summed E-state index contributed by atoms with van der Waals surface area (Å²) in [6.07, 6.45) is 1.74. The van der Waals surface area contributed by atoms with Crippen LogP contribution in [0, 0.1) is 0 Å². The zero-order valence-corrected chi connectivity index (χ0v) is 15.7. The Kier molecular flexibility index (Phi) is 5.85. The maximum absolute atomic E-state index is 12.2. The van der Waals surface area contributed by atoms with Gasteiger partial charge in [0, 0.05) is 25.6 Å². The highest BCUT2D eigenvalue weighted by molar-refractivity contribution is 5.68. The molecule has 0 aromatic carbocycles. The first-order valence-corrected chi connectivity index (χ1v) is 8.66. The lowest BCUT2D eigenvalue weighted by Crippen LogP contribution is -2.49. The van der Waals surface area contributed by atoms with E-state index in [1.54, 1.807) is 4.90 Å². The van der Waals surface area contributed by atoms with Crippen LogP contribution in [0.2, 0.25) is 0 Å². The van der Waals surface area contributed by atoms with Gasteiger partial charge in [-0.2, -0.15) is 4.98 Å². The fourth-order valence-corrected chi connectivity index (χ4v) is 2.73. The first kappa shape index (κ1) is 18.7. The van der Waals surface area contributed by atoms with E-state index < -0.39 is 5.60 Å². The van der Waals surface area contributed by atoms with Crippen molar-refractivity contribution < 1.29 is 14.1 Å². The van der Waals surface area contributed by atoms with Gasteiger partial charge in [-0.05, 0) is 40.2 Å². The van der Waals surface area contributed by atoms with Crippen LogP contribution >= 0.6 is 0 Å². The molecule has 0 unspecified atom stereocenters. The number of amides is 1. The SMILES string of the molecule is CC(C)c1noc(CN2CCC[C@H](N(C)C(=O)OC(C)(C)C)C2)n1. The van der Waals surface area contributed by atoms with Gasteiger partial charge in [0.15, 0.2) is 5.82 Å². The lowest BCUT2D eigenvalue weighted by atomic mass is 10.0. The van der Waals surface area contributed by atoms with Crippen molar-refractivity contribution in [2.45, 2.75) is 71.6 Å². The van der Waals surface area contributed by atoms with Gasteiger partial charge in [-0.1, -0.05) is 19.0 Å². The molecular formula is C17H30N4O3. The Morgan fingerprint density at radius 3 is 2.75 bits per heavy atom. The highest BCUT2D eigenvalue weighted by Crippen LogP contribution is 2.19. The third kappa shape index (κ3) is 5.19. The second-order valence-corrected chi connectivity index (χ2v) is 7.82. The molecule has 1 aromatic rings. The Labute approximate surface area is 144 Å². The molecule has 1 atom stereocenters. The third-order valence-electron chi connectivity index (χ3n) is 4.07. The van der Waals surface area contributed by atoms with E-state index in [9.17, 15) is 4.79 Å². The van der Waals surface area contributed by atoms with Crippen LogP contribution in [0.15, 0.2) is 4.52 Å². The van der Waals surface area contributed by atoms with E-state index in [4.69, 9.17) is 9.26 Å². The highest BCUT2D eigenvalue weighted by Gasteiger charge is 2.29. The Hall–Kier alpha value is -1.63. The van der Waals surface area contributed by atoms with Crippen molar-refractivity contribution in [3.63, 3.8) is 0 Å². The molecule has 0 bridgehead atoms. The number of rotatable bonds is 4. The van der Waals surface area contributed by atoms with E-state index in [1.807, 2.05) is 41.7 Å². The van der Waals surface area contributed by atoms with Gasteiger partial charge in [0.25, 0.3) is 0 Å². The van der Waals surface area contributed by atoms with Gasteiger partial charge in [0.2, 0.25) is 5.89 Å². The number of carbonyl (C=O) groups excluding carboxylic acids is 1. The predicted molar refractivity (Wildman–Crippen MR) is 90.7 cm³/mol. The molecule has 7 nitrogen and oxygen atoms in total. The molecule has 24 heavy (non-hydrogen) atoms. The van der Waals surface area contributed by atoms with Crippen LogP contribution in [0.4, 0.5) is 4.79 Å². The lowest BCUT2D eigenvalue weighted by Gasteiger charge is -2.37. The molecule has 0 radical (unpaired) electrons. The van der Waals surface area contributed by atoms with Gasteiger partial charge in [0.05, 0.1) is 6.54 Å². The molecule has 0 saturated carbocycles. The van der Waals surface area contributed by atoms with Crippen molar-refractivity contribution in [1.82, 2.24) is 19.9 Å². The van der Waals surface area contributed by atoms with E-state index >= 15 is 0 Å². The highest BCUT2D eigenvalue weighted by atomic mass is 16.6. The second kappa shape index (κ2) is 7.51. The van der Waals surface area contributed by atoms with Gasteiger partial charge in [-0.25, -0.2) is 4.79 Å². The summed E-state index contributed by atoms with van der Waals surface area (Å²) in [7, 11) is 1.81. The number of hydrogen-bond donors (Lipinski definition) is 0. The predicted octanol–water partition coefficient (Wildman–Crippen LogP) is 3.02. The first-order chi connectivity index (χ1) is 11.2. The molecule has 0 spiro atoms. The van der Waals surface area contributed by atoms with Crippen molar-refractivity contribution in [2.24, 2.45) is 0 Å². The summed E-state index contributed by atoms with van der Waals surface area (Å²) in [5.74, 6) is 1.64. The molecule has 1 aliphatic rings. The molecule has 2 heterocycles. The maximum Gasteiger partial charge on any atom is 0.410 e. The van der Waals surface area contributed by atoms with Crippen molar-refractivity contribution >= 4 is 6.09 Å². The summed E-state index contributed by atoms with van der Waals surface area (Å²) >= 11 is 0. The van der Waals surface area contributed by atoms with Crippen LogP contribution in [-0.4, -0.2) is 57.8 Å².